The molecule has 2 N–H and O–H groups in total. The van der Waals surface area contributed by atoms with Crippen LogP contribution >= 0.6 is 0 Å². The lowest BCUT2D eigenvalue weighted by Crippen LogP contribution is -2.42. The second kappa shape index (κ2) is 5.09. The van der Waals surface area contributed by atoms with Crippen molar-refractivity contribution in [1.29, 1.82) is 0 Å². The average Bonchev–Trinajstić information content (AvgIpc) is 2.02. The molecule has 0 amide bonds. The zero-order chi connectivity index (χ0) is 8.85. The van der Waals surface area contributed by atoms with Gasteiger partial charge in [-0.15, -0.1) is 0 Å². The first kappa shape index (κ1) is 10.4. The number of ether oxygens (including phenoxy) is 2. The van der Waals surface area contributed by atoms with E-state index in [0.29, 0.717) is 6.61 Å². The van der Waals surface area contributed by atoms with Crippen molar-refractivity contribution >= 4 is 5.97 Å². The molecule has 66 valence electrons. The molecule has 0 saturated heterocycles. The maximum Gasteiger partial charge on any atom is 0.325 e. The number of carbonyl (C=O) groups is 1. The molecule has 2 atom stereocenters. The summed E-state index contributed by atoms with van der Waals surface area (Å²) >= 11 is 0. The van der Waals surface area contributed by atoms with Crippen LogP contribution in [0.3, 0.4) is 0 Å². The molecule has 4 nitrogen and oxygen atoms in total. The summed E-state index contributed by atoms with van der Waals surface area (Å²) < 4.78 is 9.54. The topological polar surface area (TPSA) is 61.5 Å². The maximum atomic E-state index is 10.8. The van der Waals surface area contributed by atoms with E-state index in [1.807, 2.05) is 6.92 Å². The molecule has 0 aromatic heterocycles. The van der Waals surface area contributed by atoms with Crippen LogP contribution in [0.15, 0.2) is 0 Å². The summed E-state index contributed by atoms with van der Waals surface area (Å²) in [6.45, 7) is 4.14. The van der Waals surface area contributed by atoms with Gasteiger partial charge in [0, 0.05) is 6.61 Å². The van der Waals surface area contributed by atoms with Crippen LogP contribution in [0.2, 0.25) is 0 Å². The standard InChI is InChI=1S/C7H15NO3/c1-4-11-5(2)6(8)7(9)10-3/h5-6H,4,8H2,1-3H3. The Hall–Kier alpha value is -0.610. The highest BCUT2D eigenvalue weighted by atomic mass is 16.5. The summed E-state index contributed by atoms with van der Waals surface area (Å²) in [5, 5.41) is 0. The number of esters is 1. The molecule has 4 heteroatoms. The van der Waals surface area contributed by atoms with E-state index in [4.69, 9.17) is 10.5 Å². The van der Waals surface area contributed by atoms with Gasteiger partial charge in [-0.1, -0.05) is 0 Å². The Bertz CT molecular complexity index is 127. The van der Waals surface area contributed by atoms with E-state index >= 15 is 0 Å². The largest absolute Gasteiger partial charge is 0.468 e. The van der Waals surface area contributed by atoms with E-state index in [1.54, 1.807) is 6.92 Å². The third-order valence-electron chi connectivity index (χ3n) is 1.41. The quantitative estimate of drug-likeness (QED) is 0.585. The highest BCUT2D eigenvalue weighted by molar-refractivity contribution is 5.75. The van der Waals surface area contributed by atoms with Crippen molar-refractivity contribution in [1.82, 2.24) is 0 Å². The molecule has 2 unspecified atom stereocenters. The third-order valence-corrected chi connectivity index (χ3v) is 1.41. The number of hydrogen-bond acceptors (Lipinski definition) is 4. The smallest absolute Gasteiger partial charge is 0.325 e. The second-order valence-corrected chi connectivity index (χ2v) is 2.21. The third kappa shape index (κ3) is 3.34. The molecule has 0 aliphatic rings. The van der Waals surface area contributed by atoms with E-state index in [9.17, 15) is 4.79 Å². The number of hydrogen-bond donors (Lipinski definition) is 1. The van der Waals surface area contributed by atoms with Crippen LogP contribution in [0.5, 0.6) is 0 Å². The molecule has 0 aromatic carbocycles. The van der Waals surface area contributed by atoms with Gasteiger partial charge >= 0.3 is 5.97 Å². The first-order valence-corrected chi connectivity index (χ1v) is 3.58. The summed E-state index contributed by atoms with van der Waals surface area (Å²) in [4.78, 5) is 10.8. The second-order valence-electron chi connectivity index (χ2n) is 2.21. The zero-order valence-corrected chi connectivity index (χ0v) is 7.16. The van der Waals surface area contributed by atoms with Crippen LogP contribution in [-0.2, 0) is 14.3 Å². The van der Waals surface area contributed by atoms with Gasteiger partial charge in [0.15, 0.2) is 0 Å². The first-order chi connectivity index (χ1) is 5.13. The average molecular weight is 161 g/mol. The van der Waals surface area contributed by atoms with Gasteiger partial charge < -0.3 is 15.2 Å². The highest BCUT2D eigenvalue weighted by Crippen LogP contribution is 1.97. The van der Waals surface area contributed by atoms with Gasteiger partial charge in [-0.2, -0.15) is 0 Å². The Labute approximate surface area is 66.7 Å². The molecule has 0 saturated carbocycles. The maximum absolute atomic E-state index is 10.8. The molecule has 11 heavy (non-hydrogen) atoms. The van der Waals surface area contributed by atoms with Crippen molar-refractivity contribution in [3.05, 3.63) is 0 Å². The van der Waals surface area contributed by atoms with E-state index in [2.05, 4.69) is 4.74 Å². The van der Waals surface area contributed by atoms with Crippen LogP contribution in [-0.4, -0.2) is 31.8 Å². The van der Waals surface area contributed by atoms with E-state index in [1.165, 1.54) is 7.11 Å². The number of methoxy groups -OCH3 is 1. The summed E-state index contributed by atoms with van der Waals surface area (Å²) in [6.07, 6.45) is -0.285. The van der Waals surface area contributed by atoms with Crippen LogP contribution in [0.1, 0.15) is 13.8 Å². The van der Waals surface area contributed by atoms with E-state index < -0.39 is 12.0 Å². The number of rotatable bonds is 4. The molecule has 0 aliphatic carbocycles. The van der Waals surface area contributed by atoms with Crippen LogP contribution in [0.4, 0.5) is 0 Å². The predicted molar refractivity (Wildman–Crippen MR) is 41.1 cm³/mol. The van der Waals surface area contributed by atoms with E-state index in [0.717, 1.165) is 0 Å². The molecule has 0 bridgehead atoms. The molecular formula is C7H15NO3. The Morgan fingerprint density at radius 1 is 1.64 bits per heavy atom. The summed E-state index contributed by atoms with van der Waals surface area (Å²) in [6, 6.07) is -0.681. The van der Waals surface area contributed by atoms with E-state index in [-0.39, 0.29) is 6.10 Å². The van der Waals surface area contributed by atoms with Crippen molar-refractivity contribution in [3.8, 4) is 0 Å². The van der Waals surface area contributed by atoms with Crippen LogP contribution < -0.4 is 5.73 Å². The fraction of sp³-hybridized carbons (Fsp3) is 0.857. The van der Waals surface area contributed by atoms with Gasteiger partial charge in [0.25, 0.3) is 0 Å². The molecule has 0 fully saturated rings. The SMILES string of the molecule is CCOC(C)C(N)C(=O)OC. The summed E-state index contributed by atoms with van der Waals surface area (Å²) in [5.74, 6) is -0.439. The lowest BCUT2D eigenvalue weighted by molar-refractivity contribution is -0.145. The summed E-state index contributed by atoms with van der Waals surface area (Å²) in [7, 11) is 1.31. The van der Waals surface area contributed by atoms with Crippen molar-refractivity contribution in [2.75, 3.05) is 13.7 Å². The van der Waals surface area contributed by atoms with Crippen LogP contribution in [0, 0.1) is 0 Å². The normalized spacial score (nSPS) is 15.6. The Kier molecular flexibility index (Phi) is 4.81. The Morgan fingerprint density at radius 2 is 2.18 bits per heavy atom. The monoisotopic (exact) mass is 161 g/mol. The minimum atomic E-state index is -0.681. The fourth-order valence-corrected chi connectivity index (χ4v) is 0.694. The van der Waals surface area contributed by atoms with Crippen molar-refractivity contribution < 1.29 is 14.3 Å². The lowest BCUT2D eigenvalue weighted by atomic mass is 10.2. The van der Waals surface area contributed by atoms with Crippen molar-refractivity contribution in [2.45, 2.75) is 26.0 Å². The van der Waals surface area contributed by atoms with Crippen molar-refractivity contribution in [3.63, 3.8) is 0 Å². The minimum Gasteiger partial charge on any atom is -0.468 e. The lowest BCUT2D eigenvalue weighted by Gasteiger charge is -2.16. The molecule has 0 spiro atoms. The molecule has 0 rings (SSSR count). The number of nitrogens with two attached hydrogens (primary N) is 1. The molecule has 0 aromatic rings. The van der Waals surface area contributed by atoms with Gasteiger partial charge in [0.05, 0.1) is 13.2 Å². The van der Waals surface area contributed by atoms with Gasteiger partial charge in [0.2, 0.25) is 0 Å². The number of carbonyl (C=O) groups excluding carboxylic acids is 1. The molecule has 0 heterocycles. The minimum absolute atomic E-state index is 0.285. The van der Waals surface area contributed by atoms with Gasteiger partial charge in [-0.25, -0.2) is 0 Å². The van der Waals surface area contributed by atoms with Gasteiger partial charge in [-0.05, 0) is 13.8 Å². The first-order valence-electron chi connectivity index (χ1n) is 3.58. The fourth-order valence-electron chi connectivity index (χ4n) is 0.694. The summed E-state index contributed by atoms with van der Waals surface area (Å²) in [5.41, 5.74) is 5.46. The highest BCUT2D eigenvalue weighted by Gasteiger charge is 2.21. The Balaban J connectivity index is 3.80. The molecule has 0 radical (unpaired) electrons. The van der Waals surface area contributed by atoms with Crippen molar-refractivity contribution in [2.24, 2.45) is 5.73 Å². The Morgan fingerprint density at radius 3 is 2.55 bits per heavy atom. The predicted octanol–water partition coefficient (Wildman–Crippen LogP) is -0.0883. The van der Waals surface area contributed by atoms with Gasteiger partial charge in [-0.3, -0.25) is 4.79 Å². The molecular weight excluding hydrogens is 146 g/mol. The molecule has 0 aliphatic heterocycles. The zero-order valence-electron chi connectivity index (χ0n) is 7.16. The van der Waals surface area contributed by atoms with Crippen LogP contribution in [0.25, 0.3) is 0 Å². The van der Waals surface area contributed by atoms with Gasteiger partial charge in [0.1, 0.15) is 6.04 Å².